The molecule has 0 amide bonds. The average molecular weight is 281 g/mol. The van der Waals surface area contributed by atoms with Gasteiger partial charge >= 0.3 is 0 Å². The topological polar surface area (TPSA) is 75.2 Å². The van der Waals surface area contributed by atoms with E-state index in [-0.39, 0.29) is 6.79 Å². The van der Waals surface area contributed by atoms with Crippen molar-refractivity contribution in [2.75, 3.05) is 6.79 Å². The lowest BCUT2D eigenvalue weighted by Gasteiger charge is -2.21. The summed E-state index contributed by atoms with van der Waals surface area (Å²) in [5.74, 6) is 0.820. The Labute approximate surface area is 115 Å². The summed E-state index contributed by atoms with van der Waals surface area (Å²) >= 11 is 6.10. The largest absolute Gasteiger partial charge is 0.467 e. The minimum atomic E-state index is 0.257. The molecule has 1 aliphatic heterocycles. The Bertz CT molecular complexity index is 599. The van der Waals surface area contributed by atoms with Crippen molar-refractivity contribution < 1.29 is 9.47 Å². The Balaban J connectivity index is 1.93. The third kappa shape index (κ3) is 2.56. The maximum Gasteiger partial charge on any atom is 0.189 e. The molecule has 0 saturated heterocycles. The highest BCUT2D eigenvalue weighted by atomic mass is 35.5. The van der Waals surface area contributed by atoms with Gasteiger partial charge in [-0.05, 0) is 12.1 Å². The fraction of sp³-hybridized carbons (Fsp3) is 0.333. The molecule has 7 heteroatoms. The van der Waals surface area contributed by atoms with Gasteiger partial charge in [0.25, 0.3) is 0 Å². The number of hydrogen-bond donors (Lipinski definition) is 1. The highest BCUT2D eigenvalue weighted by Crippen LogP contribution is 2.31. The van der Waals surface area contributed by atoms with Crippen molar-refractivity contribution in [1.29, 1.82) is 0 Å². The van der Waals surface area contributed by atoms with E-state index >= 15 is 0 Å². The summed E-state index contributed by atoms with van der Waals surface area (Å²) in [7, 11) is 0. The molecular weight excluding hydrogens is 268 g/mol. The van der Waals surface area contributed by atoms with Crippen molar-refractivity contribution in [1.82, 2.24) is 15.0 Å². The number of ether oxygens (including phenoxy) is 2. The summed E-state index contributed by atoms with van der Waals surface area (Å²) in [6, 6.07) is 3.72. The maximum absolute atomic E-state index is 6.10. The van der Waals surface area contributed by atoms with E-state index in [1.165, 1.54) is 0 Å². The zero-order valence-electron chi connectivity index (χ0n) is 10.2. The Morgan fingerprint density at radius 2 is 2.32 bits per heavy atom. The summed E-state index contributed by atoms with van der Waals surface area (Å²) in [5, 5.41) is 8.63. The highest BCUT2D eigenvalue weighted by molar-refractivity contribution is 6.30. The number of benzene rings is 1. The van der Waals surface area contributed by atoms with Gasteiger partial charge in [-0.3, -0.25) is 0 Å². The number of fused-ring (bicyclic) bond motifs is 1. The molecule has 0 spiro atoms. The molecular formula is C12H13ClN4O2. The second kappa shape index (κ2) is 5.16. The first kappa shape index (κ1) is 12.4. The third-order valence-corrected chi connectivity index (χ3v) is 3.10. The monoisotopic (exact) mass is 280 g/mol. The van der Waals surface area contributed by atoms with Crippen molar-refractivity contribution >= 4 is 11.6 Å². The predicted molar refractivity (Wildman–Crippen MR) is 68.8 cm³/mol. The Morgan fingerprint density at radius 1 is 1.42 bits per heavy atom. The van der Waals surface area contributed by atoms with Crippen LogP contribution >= 0.6 is 11.6 Å². The van der Waals surface area contributed by atoms with Gasteiger partial charge in [0, 0.05) is 22.7 Å². The standard InChI is InChI=1S/C12H13ClN4O2/c13-10-1-8(4-17-5-11(3-14)15-16-17)12-9(2-10)6-18-7-19-12/h1-2,5H,3-4,6-7,14H2. The fourth-order valence-corrected chi connectivity index (χ4v) is 2.32. The van der Waals surface area contributed by atoms with E-state index in [1.54, 1.807) is 4.68 Å². The molecule has 0 saturated carbocycles. The zero-order chi connectivity index (χ0) is 13.2. The van der Waals surface area contributed by atoms with Crippen LogP contribution in [0.15, 0.2) is 18.3 Å². The number of nitrogens with two attached hydrogens (primary N) is 1. The Kier molecular flexibility index (Phi) is 3.37. The molecule has 0 radical (unpaired) electrons. The molecule has 0 atom stereocenters. The van der Waals surface area contributed by atoms with Gasteiger partial charge in [0.15, 0.2) is 6.79 Å². The molecule has 0 bridgehead atoms. The summed E-state index contributed by atoms with van der Waals surface area (Å²) in [5.41, 5.74) is 8.17. The second-order valence-corrected chi connectivity index (χ2v) is 4.71. The molecule has 2 heterocycles. The van der Waals surface area contributed by atoms with Crippen molar-refractivity contribution in [2.24, 2.45) is 5.73 Å². The number of rotatable bonds is 3. The first-order chi connectivity index (χ1) is 9.26. The van der Waals surface area contributed by atoms with Gasteiger partial charge in [-0.15, -0.1) is 5.10 Å². The molecule has 3 rings (SSSR count). The molecule has 1 aliphatic rings. The van der Waals surface area contributed by atoms with Crippen molar-refractivity contribution in [3.05, 3.63) is 40.2 Å². The molecule has 100 valence electrons. The summed E-state index contributed by atoms with van der Waals surface area (Å²) in [6.07, 6.45) is 1.81. The smallest absolute Gasteiger partial charge is 0.189 e. The van der Waals surface area contributed by atoms with Crippen LogP contribution in [0.2, 0.25) is 5.02 Å². The molecule has 1 aromatic carbocycles. The van der Waals surface area contributed by atoms with Gasteiger partial charge in [0.05, 0.1) is 25.0 Å². The van der Waals surface area contributed by atoms with Gasteiger partial charge in [0.2, 0.25) is 0 Å². The average Bonchev–Trinajstić information content (AvgIpc) is 2.86. The lowest BCUT2D eigenvalue weighted by Crippen LogP contribution is -2.14. The molecule has 2 aromatic rings. The Hall–Kier alpha value is -1.63. The highest BCUT2D eigenvalue weighted by Gasteiger charge is 2.17. The van der Waals surface area contributed by atoms with E-state index in [0.717, 1.165) is 22.6 Å². The van der Waals surface area contributed by atoms with Crippen LogP contribution < -0.4 is 10.5 Å². The fourth-order valence-electron chi connectivity index (χ4n) is 2.06. The number of aromatic nitrogens is 3. The van der Waals surface area contributed by atoms with E-state index in [0.29, 0.717) is 24.7 Å². The van der Waals surface area contributed by atoms with E-state index in [2.05, 4.69) is 10.3 Å². The van der Waals surface area contributed by atoms with Crippen LogP contribution in [0, 0.1) is 0 Å². The first-order valence-corrected chi connectivity index (χ1v) is 6.25. The molecule has 6 nitrogen and oxygen atoms in total. The van der Waals surface area contributed by atoms with Crippen LogP contribution in [0.5, 0.6) is 5.75 Å². The van der Waals surface area contributed by atoms with E-state index in [9.17, 15) is 0 Å². The maximum atomic E-state index is 6.10. The molecule has 0 aliphatic carbocycles. The van der Waals surface area contributed by atoms with Crippen LogP contribution in [-0.4, -0.2) is 21.8 Å². The molecule has 0 unspecified atom stereocenters. The predicted octanol–water partition coefficient (Wildman–Crippen LogP) is 1.30. The third-order valence-electron chi connectivity index (χ3n) is 2.88. The quantitative estimate of drug-likeness (QED) is 0.917. The molecule has 19 heavy (non-hydrogen) atoms. The lowest BCUT2D eigenvalue weighted by molar-refractivity contribution is -0.0171. The summed E-state index contributed by atoms with van der Waals surface area (Å²) in [4.78, 5) is 0. The van der Waals surface area contributed by atoms with Gasteiger partial charge in [-0.25, -0.2) is 4.68 Å². The van der Waals surface area contributed by atoms with Gasteiger partial charge < -0.3 is 15.2 Å². The van der Waals surface area contributed by atoms with E-state index in [4.69, 9.17) is 26.8 Å². The first-order valence-electron chi connectivity index (χ1n) is 5.87. The molecule has 2 N–H and O–H groups in total. The molecule has 1 aromatic heterocycles. The van der Waals surface area contributed by atoms with Crippen LogP contribution in [0.1, 0.15) is 16.8 Å². The Morgan fingerprint density at radius 3 is 3.11 bits per heavy atom. The van der Waals surface area contributed by atoms with Crippen LogP contribution in [0.3, 0.4) is 0 Å². The summed E-state index contributed by atoms with van der Waals surface area (Å²) in [6.45, 7) is 1.68. The van der Waals surface area contributed by atoms with Crippen molar-refractivity contribution in [2.45, 2.75) is 19.7 Å². The number of nitrogens with zero attached hydrogens (tertiary/aromatic N) is 3. The summed E-state index contributed by atoms with van der Waals surface area (Å²) < 4.78 is 12.5. The minimum Gasteiger partial charge on any atom is -0.467 e. The number of halogens is 1. The van der Waals surface area contributed by atoms with Crippen molar-refractivity contribution in [3.8, 4) is 5.75 Å². The van der Waals surface area contributed by atoms with Crippen LogP contribution in [0.4, 0.5) is 0 Å². The zero-order valence-corrected chi connectivity index (χ0v) is 10.9. The van der Waals surface area contributed by atoms with E-state index in [1.807, 2.05) is 18.3 Å². The SMILES string of the molecule is NCc1cn(Cc2cc(Cl)cc3c2OCOC3)nn1. The second-order valence-electron chi connectivity index (χ2n) is 4.28. The minimum absolute atomic E-state index is 0.257. The van der Waals surface area contributed by atoms with Gasteiger partial charge in [-0.2, -0.15) is 0 Å². The van der Waals surface area contributed by atoms with Crippen LogP contribution in [-0.2, 0) is 24.4 Å². The lowest BCUT2D eigenvalue weighted by atomic mass is 10.1. The normalized spacial score (nSPS) is 14.0. The molecule has 0 fully saturated rings. The number of hydrogen-bond acceptors (Lipinski definition) is 5. The van der Waals surface area contributed by atoms with Crippen molar-refractivity contribution in [3.63, 3.8) is 0 Å². The van der Waals surface area contributed by atoms with Gasteiger partial charge in [0.1, 0.15) is 5.75 Å². The van der Waals surface area contributed by atoms with Crippen LogP contribution in [0.25, 0.3) is 0 Å². The van der Waals surface area contributed by atoms with Gasteiger partial charge in [-0.1, -0.05) is 16.8 Å². The van der Waals surface area contributed by atoms with E-state index < -0.39 is 0 Å².